The lowest BCUT2D eigenvalue weighted by Crippen LogP contribution is -2.36. The number of aromatic nitrogens is 2. The first kappa shape index (κ1) is 13.0. The van der Waals surface area contributed by atoms with Crippen molar-refractivity contribution in [1.29, 1.82) is 0 Å². The summed E-state index contributed by atoms with van der Waals surface area (Å²) in [6.45, 7) is 2.15. The summed E-state index contributed by atoms with van der Waals surface area (Å²) in [7, 11) is 1.33. The van der Waals surface area contributed by atoms with Crippen molar-refractivity contribution in [2.45, 2.75) is 13.5 Å². The van der Waals surface area contributed by atoms with E-state index in [1.807, 2.05) is 0 Å². The van der Waals surface area contributed by atoms with Gasteiger partial charge in [-0.05, 0) is 25.1 Å². The second-order valence-electron chi connectivity index (χ2n) is 3.87. The van der Waals surface area contributed by atoms with Crippen molar-refractivity contribution in [3.05, 3.63) is 44.5 Å². The molecule has 7 nitrogen and oxygen atoms in total. The van der Waals surface area contributed by atoms with Crippen LogP contribution in [0.4, 0.5) is 0 Å². The summed E-state index contributed by atoms with van der Waals surface area (Å²) in [4.78, 5) is 41.7. The minimum atomic E-state index is -0.710. The lowest BCUT2D eigenvalue weighted by atomic mass is 10.2. The predicted molar refractivity (Wildman–Crippen MR) is 69.0 cm³/mol. The number of nitrogens with zero attached hydrogens (tertiary/aromatic N) is 1. The van der Waals surface area contributed by atoms with Gasteiger partial charge in [0.25, 0.3) is 5.91 Å². The van der Waals surface area contributed by atoms with E-state index in [1.54, 1.807) is 19.1 Å². The first-order valence-electron chi connectivity index (χ1n) is 5.68. The van der Waals surface area contributed by atoms with Gasteiger partial charge in [-0.1, -0.05) is 0 Å². The Bertz CT molecular complexity index is 745. The van der Waals surface area contributed by atoms with Crippen LogP contribution in [0.3, 0.4) is 0 Å². The van der Waals surface area contributed by atoms with Gasteiger partial charge < -0.3 is 9.55 Å². The van der Waals surface area contributed by atoms with Crippen LogP contribution in [-0.4, -0.2) is 22.6 Å². The highest BCUT2D eigenvalue weighted by Gasteiger charge is 2.10. The molecule has 100 valence electrons. The summed E-state index contributed by atoms with van der Waals surface area (Å²) >= 11 is 0. The van der Waals surface area contributed by atoms with Crippen LogP contribution in [0, 0.1) is 0 Å². The molecule has 0 spiro atoms. The zero-order valence-corrected chi connectivity index (χ0v) is 10.5. The largest absolute Gasteiger partial charge is 0.316 e. The maximum absolute atomic E-state index is 11.7. The summed E-state index contributed by atoms with van der Waals surface area (Å²) in [5, 5.41) is 0. The molecule has 0 atom stereocenters. The molecule has 0 aliphatic carbocycles. The van der Waals surface area contributed by atoms with Crippen molar-refractivity contribution < 1.29 is 9.63 Å². The molecule has 0 unspecified atom stereocenters. The van der Waals surface area contributed by atoms with Gasteiger partial charge in [-0.3, -0.25) is 19.2 Å². The number of hydroxylamine groups is 1. The van der Waals surface area contributed by atoms with Crippen LogP contribution in [-0.2, 0) is 11.4 Å². The molecule has 0 radical (unpaired) electrons. The van der Waals surface area contributed by atoms with E-state index in [2.05, 4.69) is 15.3 Å². The van der Waals surface area contributed by atoms with E-state index in [0.717, 1.165) is 0 Å². The van der Waals surface area contributed by atoms with Crippen molar-refractivity contribution in [2.24, 2.45) is 0 Å². The Labute approximate surface area is 107 Å². The fourth-order valence-electron chi connectivity index (χ4n) is 1.89. The summed E-state index contributed by atoms with van der Waals surface area (Å²) in [5.74, 6) is -0.431. The number of H-pyrrole nitrogens is 1. The van der Waals surface area contributed by atoms with Crippen molar-refractivity contribution >= 4 is 16.9 Å². The number of carbonyl (C=O) groups excluding carboxylic acids is 1. The number of benzene rings is 1. The van der Waals surface area contributed by atoms with Gasteiger partial charge in [-0.2, -0.15) is 0 Å². The molecule has 2 aromatic rings. The Morgan fingerprint density at radius 3 is 2.79 bits per heavy atom. The zero-order chi connectivity index (χ0) is 14.0. The second kappa shape index (κ2) is 5.07. The van der Waals surface area contributed by atoms with Gasteiger partial charge in [0.1, 0.15) is 0 Å². The number of hydrogen-bond donors (Lipinski definition) is 2. The molecule has 1 heterocycles. The van der Waals surface area contributed by atoms with Crippen LogP contribution in [0.1, 0.15) is 17.3 Å². The Morgan fingerprint density at radius 1 is 1.42 bits per heavy atom. The SMILES string of the molecule is CCn1c(=O)c(=O)[nH]c2cc(C(=O)NOC)ccc21. The van der Waals surface area contributed by atoms with Crippen LogP contribution in [0.25, 0.3) is 11.0 Å². The average Bonchev–Trinajstić information content (AvgIpc) is 2.40. The Kier molecular flexibility index (Phi) is 3.48. The van der Waals surface area contributed by atoms with Gasteiger partial charge in [0.15, 0.2) is 0 Å². The number of nitrogens with one attached hydrogen (secondary N) is 2. The monoisotopic (exact) mass is 263 g/mol. The first-order valence-corrected chi connectivity index (χ1v) is 5.68. The molecule has 2 rings (SSSR count). The maximum atomic E-state index is 11.7. The quantitative estimate of drug-likeness (QED) is 0.602. The van der Waals surface area contributed by atoms with E-state index in [9.17, 15) is 14.4 Å². The van der Waals surface area contributed by atoms with Gasteiger partial charge in [0.2, 0.25) is 0 Å². The molecule has 0 bridgehead atoms. The molecule has 19 heavy (non-hydrogen) atoms. The zero-order valence-electron chi connectivity index (χ0n) is 10.5. The van der Waals surface area contributed by atoms with Gasteiger partial charge in [-0.25, -0.2) is 5.48 Å². The topological polar surface area (TPSA) is 93.2 Å². The van der Waals surface area contributed by atoms with E-state index in [-0.39, 0.29) is 0 Å². The number of rotatable bonds is 3. The van der Waals surface area contributed by atoms with Crippen molar-refractivity contribution in [1.82, 2.24) is 15.0 Å². The van der Waals surface area contributed by atoms with Gasteiger partial charge in [-0.15, -0.1) is 0 Å². The molecule has 0 aliphatic heterocycles. The minimum absolute atomic E-state index is 0.325. The molecule has 0 aliphatic rings. The number of carbonyl (C=O) groups is 1. The molecular weight excluding hydrogens is 250 g/mol. The molecule has 1 aromatic carbocycles. The highest BCUT2D eigenvalue weighted by Crippen LogP contribution is 2.11. The Morgan fingerprint density at radius 2 is 2.16 bits per heavy atom. The molecule has 0 saturated heterocycles. The molecule has 1 amide bonds. The molecule has 7 heteroatoms. The summed E-state index contributed by atoms with van der Waals surface area (Å²) in [6, 6.07) is 4.66. The van der Waals surface area contributed by atoms with Crippen LogP contribution < -0.4 is 16.6 Å². The number of amides is 1. The van der Waals surface area contributed by atoms with Gasteiger partial charge in [0, 0.05) is 12.1 Å². The lowest BCUT2D eigenvalue weighted by Gasteiger charge is -2.08. The van der Waals surface area contributed by atoms with E-state index < -0.39 is 17.0 Å². The fourth-order valence-corrected chi connectivity index (χ4v) is 1.89. The minimum Gasteiger partial charge on any atom is -0.316 e. The van der Waals surface area contributed by atoms with Crippen LogP contribution in [0.15, 0.2) is 27.8 Å². The van der Waals surface area contributed by atoms with Crippen molar-refractivity contribution in [3.63, 3.8) is 0 Å². The van der Waals surface area contributed by atoms with Gasteiger partial charge >= 0.3 is 11.1 Å². The number of aryl methyl sites for hydroxylation is 1. The number of fused-ring (bicyclic) bond motifs is 1. The third-order valence-electron chi connectivity index (χ3n) is 2.75. The second-order valence-corrected chi connectivity index (χ2v) is 3.87. The first-order chi connectivity index (χ1) is 9.08. The predicted octanol–water partition coefficient (Wildman–Crippen LogP) is 0.000900. The molecule has 1 aromatic heterocycles. The van der Waals surface area contributed by atoms with Gasteiger partial charge in [0.05, 0.1) is 18.1 Å². The molecule has 0 fully saturated rings. The normalized spacial score (nSPS) is 10.6. The van der Waals surface area contributed by atoms with Crippen LogP contribution >= 0.6 is 0 Å². The molecule has 2 N–H and O–H groups in total. The van der Waals surface area contributed by atoms with E-state index in [0.29, 0.717) is 23.1 Å². The van der Waals surface area contributed by atoms with E-state index in [4.69, 9.17) is 0 Å². The van der Waals surface area contributed by atoms with E-state index in [1.165, 1.54) is 17.7 Å². The highest BCUT2D eigenvalue weighted by atomic mass is 16.6. The third kappa shape index (κ3) is 2.27. The molecular formula is C12H13N3O4. The van der Waals surface area contributed by atoms with Crippen molar-refractivity contribution in [2.75, 3.05) is 7.11 Å². The highest BCUT2D eigenvalue weighted by molar-refractivity contribution is 5.96. The smallest absolute Gasteiger partial charge is 0.316 e. The number of hydrogen-bond acceptors (Lipinski definition) is 4. The summed E-state index contributed by atoms with van der Waals surface area (Å²) in [5.41, 5.74) is 2.19. The average molecular weight is 263 g/mol. The standard InChI is InChI=1S/C12H13N3O4/c1-3-15-9-5-4-7(10(16)14-19-2)6-8(9)13-11(17)12(15)18/h4-6H,3H2,1-2H3,(H,13,17)(H,14,16). The number of aromatic amines is 1. The maximum Gasteiger partial charge on any atom is 0.316 e. The van der Waals surface area contributed by atoms with Crippen molar-refractivity contribution in [3.8, 4) is 0 Å². The fraction of sp³-hybridized carbons (Fsp3) is 0.250. The van der Waals surface area contributed by atoms with E-state index >= 15 is 0 Å². The third-order valence-corrected chi connectivity index (χ3v) is 2.75. The van der Waals surface area contributed by atoms with Crippen LogP contribution in [0.5, 0.6) is 0 Å². The Balaban J connectivity index is 2.68. The summed E-state index contributed by atoms with van der Waals surface area (Å²) in [6.07, 6.45) is 0. The molecule has 0 saturated carbocycles. The Hall–Kier alpha value is -2.41. The lowest BCUT2D eigenvalue weighted by molar-refractivity contribution is 0.0538. The summed E-state index contributed by atoms with van der Waals surface area (Å²) < 4.78 is 1.35. The van der Waals surface area contributed by atoms with Crippen LogP contribution in [0.2, 0.25) is 0 Å².